The lowest BCUT2D eigenvalue weighted by molar-refractivity contribution is -0.133. The highest BCUT2D eigenvalue weighted by Crippen LogP contribution is 2.27. The van der Waals surface area contributed by atoms with Crippen LogP contribution >= 0.6 is 0 Å². The first-order valence-electron chi connectivity index (χ1n) is 5.26. The van der Waals surface area contributed by atoms with Crippen LogP contribution in [0.15, 0.2) is 0 Å². The highest BCUT2D eigenvalue weighted by Gasteiger charge is 2.33. The highest BCUT2D eigenvalue weighted by molar-refractivity contribution is 5.82. The SMILES string of the molecule is CCCN(C(=O)[C@H](N)CC)C1CC1. The third-order valence-corrected chi connectivity index (χ3v) is 2.49. The van der Waals surface area contributed by atoms with Gasteiger partial charge in [0.1, 0.15) is 0 Å². The molecule has 3 heteroatoms. The molecule has 0 saturated heterocycles. The maximum atomic E-state index is 11.7. The topological polar surface area (TPSA) is 46.3 Å². The van der Waals surface area contributed by atoms with Crippen LogP contribution in [-0.2, 0) is 4.79 Å². The molecule has 0 unspecified atom stereocenters. The third kappa shape index (κ3) is 2.69. The van der Waals surface area contributed by atoms with Gasteiger partial charge in [0.25, 0.3) is 0 Å². The predicted octanol–water partition coefficient (Wildman–Crippen LogP) is 1.12. The summed E-state index contributed by atoms with van der Waals surface area (Å²) in [5.41, 5.74) is 5.72. The van der Waals surface area contributed by atoms with E-state index in [-0.39, 0.29) is 11.9 Å². The molecule has 0 heterocycles. The van der Waals surface area contributed by atoms with Gasteiger partial charge in [-0.05, 0) is 25.7 Å². The molecule has 2 N–H and O–H groups in total. The predicted molar refractivity (Wildman–Crippen MR) is 53.3 cm³/mol. The summed E-state index contributed by atoms with van der Waals surface area (Å²) < 4.78 is 0. The van der Waals surface area contributed by atoms with Gasteiger partial charge in [0.05, 0.1) is 6.04 Å². The van der Waals surface area contributed by atoms with Crippen LogP contribution in [0.3, 0.4) is 0 Å². The molecule has 0 aromatic rings. The average molecular weight is 184 g/mol. The zero-order chi connectivity index (χ0) is 9.84. The van der Waals surface area contributed by atoms with Gasteiger partial charge in [-0.1, -0.05) is 13.8 Å². The van der Waals surface area contributed by atoms with Crippen LogP contribution in [-0.4, -0.2) is 29.4 Å². The Bertz CT molecular complexity index is 178. The second kappa shape index (κ2) is 4.61. The highest BCUT2D eigenvalue weighted by atomic mass is 16.2. The van der Waals surface area contributed by atoms with Crippen molar-refractivity contribution in [3.63, 3.8) is 0 Å². The van der Waals surface area contributed by atoms with Gasteiger partial charge in [-0.25, -0.2) is 0 Å². The van der Waals surface area contributed by atoms with Gasteiger partial charge in [-0.2, -0.15) is 0 Å². The maximum absolute atomic E-state index is 11.7. The number of carbonyl (C=O) groups excluding carboxylic acids is 1. The van der Waals surface area contributed by atoms with Crippen molar-refractivity contribution < 1.29 is 4.79 Å². The number of amides is 1. The van der Waals surface area contributed by atoms with Gasteiger partial charge in [0.15, 0.2) is 0 Å². The number of hydrogen-bond acceptors (Lipinski definition) is 2. The lowest BCUT2D eigenvalue weighted by Crippen LogP contribution is -2.44. The van der Waals surface area contributed by atoms with E-state index in [1.807, 2.05) is 11.8 Å². The van der Waals surface area contributed by atoms with Crippen LogP contribution in [0.4, 0.5) is 0 Å². The van der Waals surface area contributed by atoms with Gasteiger partial charge in [-0.3, -0.25) is 4.79 Å². The average Bonchev–Trinajstić information content (AvgIpc) is 2.95. The quantitative estimate of drug-likeness (QED) is 0.696. The van der Waals surface area contributed by atoms with Crippen LogP contribution in [0.25, 0.3) is 0 Å². The summed E-state index contributed by atoms with van der Waals surface area (Å²) >= 11 is 0. The zero-order valence-corrected chi connectivity index (χ0v) is 8.62. The smallest absolute Gasteiger partial charge is 0.239 e. The normalized spacial score (nSPS) is 18.4. The molecule has 3 nitrogen and oxygen atoms in total. The van der Waals surface area contributed by atoms with Gasteiger partial charge in [-0.15, -0.1) is 0 Å². The largest absolute Gasteiger partial charge is 0.338 e. The summed E-state index contributed by atoms with van der Waals surface area (Å²) in [6.07, 6.45) is 4.11. The molecule has 1 aliphatic rings. The summed E-state index contributed by atoms with van der Waals surface area (Å²) in [4.78, 5) is 13.7. The fourth-order valence-electron chi connectivity index (χ4n) is 1.49. The fourth-order valence-corrected chi connectivity index (χ4v) is 1.49. The molecule has 0 aromatic carbocycles. The van der Waals surface area contributed by atoms with Crippen molar-refractivity contribution in [2.75, 3.05) is 6.54 Å². The van der Waals surface area contributed by atoms with Crippen molar-refractivity contribution in [2.24, 2.45) is 5.73 Å². The molecule has 1 atom stereocenters. The van der Waals surface area contributed by atoms with Crippen molar-refractivity contribution in [3.05, 3.63) is 0 Å². The molecule has 1 fully saturated rings. The van der Waals surface area contributed by atoms with E-state index in [1.54, 1.807) is 0 Å². The van der Waals surface area contributed by atoms with E-state index < -0.39 is 0 Å². The lowest BCUT2D eigenvalue weighted by atomic mass is 10.2. The molecule has 0 aliphatic heterocycles. The molecule has 13 heavy (non-hydrogen) atoms. The van der Waals surface area contributed by atoms with E-state index in [0.29, 0.717) is 6.04 Å². The van der Waals surface area contributed by atoms with Crippen molar-refractivity contribution in [1.82, 2.24) is 4.90 Å². The van der Waals surface area contributed by atoms with Gasteiger partial charge in [0, 0.05) is 12.6 Å². The lowest BCUT2D eigenvalue weighted by Gasteiger charge is -2.24. The van der Waals surface area contributed by atoms with Gasteiger partial charge >= 0.3 is 0 Å². The fraction of sp³-hybridized carbons (Fsp3) is 0.900. The van der Waals surface area contributed by atoms with Crippen LogP contribution in [0.2, 0.25) is 0 Å². The molecular formula is C10H20N2O. The Kier molecular flexibility index (Phi) is 3.72. The summed E-state index contributed by atoms with van der Waals surface area (Å²) in [6.45, 7) is 4.93. The molecule has 1 saturated carbocycles. The molecule has 1 rings (SSSR count). The molecule has 1 aliphatic carbocycles. The van der Waals surface area contributed by atoms with E-state index in [2.05, 4.69) is 6.92 Å². The Morgan fingerprint density at radius 1 is 1.54 bits per heavy atom. The van der Waals surface area contributed by atoms with Crippen molar-refractivity contribution >= 4 is 5.91 Å². The first-order valence-corrected chi connectivity index (χ1v) is 5.26. The van der Waals surface area contributed by atoms with Gasteiger partial charge < -0.3 is 10.6 Å². The molecule has 0 bridgehead atoms. The Morgan fingerprint density at radius 3 is 2.54 bits per heavy atom. The second-order valence-corrected chi connectivity index (χ2v) is 3.78. The van der Waals surface area contributed by atoms with Crippen LogP contribution < -0.4 is 5.73 Å². The molecule has 76 valence electrons. The number of nitrogens with zero attached hydrogens (tertiary/aromatic N) is 1. The van der Waals surface area contributed by atoms with E-state index in [4.69, 9.17) is 5.73 Å². The summed E-state index contributed by atoms with van der Waals surface area (Å²) in [6, 6.07) is 0.220. The van der Waals surface area contributed by atoms with E-state index in [1.165, 1.54) is 12.8 Å². The molecule has 0 spiro atoms. The Morgan fingerprint density at radius 2 is 2.15 bits per heavy atom. The Balaban J connectivity index is 2.47. The number of carbonyl (C=O) groups is 1. The Labute approximate surface area is 80.3 Å². The summed E-state index contributed by atoms with van der Waals surface area (Å²) in [5.74, 6) is 0.145. The van der Waals surface area contributed by atoms with Crippen molar-refractivity contribution in [2.45, 2.75) is 51.6 Å². The third-order valence-electron chi connectivity index (χ3n) is 2.49. The second-order valence-electron chi connectivity index (χ2n) is 3.78. The summed E-state index contributed by atoms with van der Waals surface area (Å²) in [7, 11) is 0. The van der Waals surface area contributed by atoms with E-state index in [0.717, 1.165) is 19.4 Å². The first-order chi connectivity index (χ1) is 6.20. The number of nitrogens with two attached hydrogens (primary N) is 1. The van der Waals surface area contributed by atoms with Crippen molar-refractivity contribution in [3.8, 4) is 0 Å². The minimum absolute atomic E-state index is 0.145. The molecule has 1 amide bonds. The number of hydrogen-bond donors (Lipinski definition) is 1. The van der Waals surface area contributed by atoms with E-state index in [9.17, 15) is 4.79 Å². The number of rotatable bonds is 5. The molecule has 0 aromatic heterocycles. The standard InChI is InChI=1S/C10H20N2O/c1-3-7-12(8-5-6-8)10(13)9(11)4-2/h8-9H,3-7,11H2,1-2H3/t9-/m1/s1. The minimum atomic E-state index is -0.285. The van der Waals surface area contributed by atoms with Gasteiger partial charge in [0.2, 0.25) is 5.91 Å². The van der Waals surface area contributed by atoms with E-state index >= 15 is 0 Å². The zero-order valence-electron chi connectivity index (χ0n) is 8.62. The molecule has 0 radical (unpaired) electrons. The van der Waals surface area contributed by atoms with Crippen LogP contribution in [0, 0.1) is 0 Å². The Hall–Kier alpha value is -0.570. The van der Waals surface area contributed by atoms with Crippen LogP contribution in [0.1, 0.15) is 39.5 Å². The monoisotopic (exact) mass is 184 g/mol. The maximum Gasteiger partial charge on any atom is 0.239 e. The minimum Gasteiger partial charge on any atom is -0.338 e. The first kappa shape index (κ1) is 10.5. The van der Waals surface area contributed by atoms with Crippen molar-refractivity contribution in [1.29, 1.82) is 0 Å². The van der Waals surface area contributed by atoms with Crippen LogP contribution in [0.5, 0.6) is 0 Å². The molecular weight excluding hydrogens is 164 g/mol. The summed E-state index contributed by atoms with van der Waals surface area (Å²) in [5, 5.41) is 0.